The molecule has 0 amide bonds. The molecular weight excluding hydrogens is 283 g/mol. The van der Waals surface area contributed by atoms with E-state index in [1.165, 1.54) is 6.07 Å². The first kappa shape index (κ1) is 12.7. The highest BCUT2D eigenvalue weighted by Gasteiger charge is 2.40. The SMILES string of the molecule is CCC1(C(=O)c2cc(Br)ccc2F)CCCC1. The summed E-state index contributed by atoms with van der Waals surface area (Å²) >= 11 is 3.29. The lowest BCUT2D eigenvalue weighted by molar-refractivity contribution is 0.0786. The van der Waals surface area contributed by atoms with Gasteiger partial charge in [-0.05, 0) is 37.5 Å². The lowest BCUT2D eigenvalue weighted by Gasteiger charge is -2.26. The van der Waals surface area contributed by atoms with Crippen LogP contribution in [0.1, 0.15) is 49.4 Å². The van der Waals surface area contributed by atoms with Crippen molar-refractivity contribution in [2.45, 2.75) is 39.0 Å². The van der Waals surface area contributed by atoms with Crippen molar-refractivity contribution in [1.82, 2.24) is 0 Å². The summed E-state index contributed by atoms with van der Waals surface area (Å²) in [5.41, 5.74) is -0.0788. The van der Waals surface area contributed by atoms with Crippen LogP contribution in [0.15, 0.2) is 22.7 Å². The number of Topliss-reactive ketones (excluding diaryl/α,β-unsaturated/α-hetero) is 1. The summed E-state index contributed by atoms with van der Waals surface area (Å²) in [5, 5.41) is 0. The smallest absolute Gasteiger partial charge is 0.171 e. The molecule has 17 heavy (non-hydrogen) atoms. The Kier molecular flexibility index (Phi) is 3.67. The Hall–Kier alpha value is -0.700. The zero-order valence-electron chi connectivity index (χ0n) is 9.93. The second-order valence-electron chi connectivity index (χ2n) is 4.79. The molecule has 0 saturated heterocycles. The molecule has 0 aliphatic heterocycles. The molecule has 3 heteroatoms. The fourth-order valence-corrected chi connectivity index (χ4v) is 3.11. The summed E-state index contributed by atoms with van der Waals surface area (Å²) in [6.45, 7) is 2.03. The van der Waals surface area contributed by atoms with Crippen molar-refractivity contribution in [2.24, 2.45) is 5.41 Å². The van der Waals surface area contributed by atoms with E-state index in [-0.39, 0.29) is 16.8 Å². The van der Waals surface area contributed by atoms with Crippen LogP contribution in [0.4, 0.5) is 4.39 Å². The normalized spacial score (nSPS) is 18.3. The van der Waals surface area contributed by atoms with Crippen LogP contribution in [0, 0.1) is 11.2 Å². The van der Waals surface area contributed by atoms with Gasteiger partial charge in [-0.2, -0.15) is 0 Å². The third-order valence-electron chi connectivity index (χ3n) is 3.89. The molecule has 0 heterocycles. The Labute approximate surface area is 110 Å². The van der Waals surface area contributed by atoms with Gasteiger partial charge in [0.1, 0.15) is 5.82 Å². The summed E-state index contributed by atoms with van der Waals surface area (Å²) in [4.78, 5) is 12.5. The molecule has 0 N–H and O–H groups in total. The number of benzene rings is 1. The lowest BCUT2D eigenvalue weighted by Crippen LogP contribution is -2.28. The van der Waals surface area contributed by atoms with Gasteiger partial charge in [-0.3, -0.25) is 4.79 Å². The quantitative estimate of drug-likeness (QED) is 0.737. The molecule has 1 aromatic rings. The van der Waals surface area contributed by atoms with E-state index in [1.54, 1.807) is 12.1 Å². The minimum atomic E-state index is -0.405. The Morgan fingerprint density at radius 1 is 1.41 bits per heavy atom. The molecule has 0 bridgehead atoms. The van der Waals surface area contributed by atoms with Crippen molar-refractivity contribution in [3.05, 3.63) is 34.1 Å². The fourth-order valence-electron chi connectivity index (χ4n) is 2.75. The first-order valence-corrected chi connectivity index (χ1v) is 6.88. The van der Waals surface area contributed by atoms with Gasteiger partial charge in [-0.1, -0.05) is 35.7 Å². The van der Waals surface area contributed by atoms with Crippen molar-refractivity contribution >= 4 is 21.7 Å². The van der Waals surface area contributed by atoms with Crippen molar-refractivity contribution in [3.63, 3.8) is 0 Å². The first-order valence-electron chi connectivity index (χ1n) is 6.09. The van der Waals surface area contributed by atoms with Crippen LogP contribution in [0.2, 0.25) is 0 Å². The number of hydrogen-bond donors (Lipinski definition) is 0. The van der Waals surface area contributed by atoms with Crippen LogP contribution < -0.4 is 0 Å². The molecule has 0 atom stereocenters. The van der Waals surface area contributed by atoms with Gasteiger partial charge in [0.05, 0.1) is 5.56 Å². The molecule has 0 spiro atoms. The van der Waals surface area contributed by atoms with Crippen LogP contribution in [-0.4, -0.2) is 5.78 Å². The van der Waals surface area contributed by atoms with Crippen molar-refractivity contribution in [3.8, 4) is 0 Å². The number of carbonyl (C=O) groups is 1. The highest BCUT2D eigenvalue weighted by Crippen LogP contribution is 2.44. The van der Waals surface area contributed by atoms with Crippen molar-refractivity contribution < 1.29 is 9.18 Å². The van der Waals surface area contributed by atoms with E-state index >= 15 is 0 Å². The maximum Gasteiger partial charge on any atom is 0.171 e. The molecule has 1 nitrogen and oxygen atoms in total. The van der Waals surface area contributed by atoms with Crippen LogP contribution in [0.3, 0.4) is 0 Å². The van der Waals surface area contributed by atoms with Crippen molar-refractivity contribution in [2.75, 3.05) is 0 Å². The van der Waals surface area contributed by atoms with Crippen LogP contribution >= 0.6 is 15.9 Å². The Bertz CT molecular complexity index is 436. The topological polar surface area (TPSA) is 17.1 Å². The summed E-state index contributed by atoms with van der Waals surface area (Å²) in [6, 6.07) is 4.59. The van der Waals surface area contributed by atoms with Gasteiger partial charge < -0.3 is 0 Å². The monoisotopic (exact) mass is 298 g/mol. The van der Waals surface area contributed by atoms with E-state index in [1.807, 2.05) is 6.92 Å². The molecule has 0 aromatic heterocycles. The van der Waals surface area contributed by atoms with Gasteiger partial charge in [0.2, 0.25) is 0 Å². The van der Waals surface area contributed by atoms with Crippen LogP contribution in [0.25, 0.3) is 0 Å². The minimum Gasteiger partial charge on any atom is -0.293 e. The van der Waals surface area contributed by atoms with E-state index in [2.05, 4.69) is 15.9 Å². The second kappa shape index (κ2) is 4.89. The van der Waals surface area contributed by atoms with E-state index in [4.69, 9.17) is 0 Å². The highest BCUT2D eigenvalue weighted by molar-refractivity contribution is 9.10. The minimum absolute atomic E-state index is 0.0173. The molecular formula is C14H16BrFO. The van der Waals surface area contributed by atoms with E-state index in [0.717, 1.165) is 36.6 Å². The van der Waals surface area contributed by atoms with Crippen molar-refractivity contribution in [1.29, 1.82) is 0 Å². The molecule has 1 aromatic carbocycles. The summed E-state index contributed by atoms with van der Waals surface area (Å²) in [5.74, 6) is -0.422. The maximum atomic E-state index is 13.7. The van der Waals surface area contributed by atoms with Crippen LogP contribution in [0.5, 0.6) is 0 Å². The average molecular weight is 299 g/mol. The lowest BCUT2D eigenvalue weighted by atomic mass is 9.76. The largest absolute Gasteiger partial charge is 0.293 e. The number of hydrogen-bond acceptors (Lipinski definition) is 1. The second-order valence-corrected chi connectivity index (χ2v) is 5.71. The third-order valence-corrected chi connectivity index (χ3v) is 4.39. The Balaban J connectivity index is 2.39. The van der Waals surface area contributed by atoms with Gasteiger partial charge >= 0.3 is 0 Å². The van der Waals surface area contributed by atoms with Crippen LogP contribution in [-0.2, 0) is 0 Å². The number of halogens is 2. The molecule has 1 saturated carbocycles. The van der Waals surface area contributed by atoms with Gasteiger partial charge in [0.25, 0.3) is 0 Å². The first-order chi connectivity index (χ1) is 8.09. The number of ketones is 1. The molecule has 92 valence electrons. The standard InChI is InChI=1S/C14H16BrFO/c1-2-14(7-3-4-8-14)13(17)11-9-10(15)5-6-12(11)16/h5-6,9H,2-4,7-8H2,1H3. The molecule has 1 aliphatic rings. The van der Waals surface area contributed by atoms with E-state index in [9.17, 15) is 9.18 Å². The predicted molar refractivity (Wildman–Crippen MR) is 69.6 cm³/mol. The summed E-state index contributed by atoms with van der Waals surface area (Å²) in [6.07, 6.45) is 4.75. The highest BCUT2D eigenvalue weighted by atomic mass is 79.9. The molecule has 0 unspecified atom stereocenters. The van der Waals surface area contributed by atoms with E-state index in [0.29, 0.717) is 0 Å². The number of carbonyl (C=O) groups excluding carboxylic acids is 1. The van der Waals surface area contributed by atoms with E-state index < -0.39 is 5.82 Å². The maximum absolute atomic E-state index is 13.7. The Morgan fingerprint density at radius 2 is 2.06 bits per heavy atom. The molecule has 1 fully saturated rings. The van der Waals surface area contributed by atoms with Gasteiger partial charge in [0.15, 0.2) is 5.78 Å². The molecule has 0 radical (unpaired) electrons. The zero-order chi connectivity index (χ0) is 12.5. The zero-order valence-corrected chi connectivity index (χ0v) is 11.5. The number of rotatable bonds is 3. The Morgan fingerprint density at radius 3 is 2.65 bits per heavy atom. The predicted octanol–water partition coefficient (Wildman–Crippen LogP) is 4.74. The van der Waals surface area contributed by atoms with Gasteiger partial charge in [-0.15, -0.1) is 0 Å². The third kappa shape index (κ3) is 2.30. The molecule has 1 aliphatic carbocycles. The fraction of sp³-hybridized carbons (Fsp3) is 0.500. The van der Waals surface area contributed by atoms with Gasteiger partial charge in [0, 0.05) is 9.89 Å². The summed E-state index contributed by atoms with van der Waals surface area (Å²) < 4.78 is 14.5. The molecule has 2 rings (SSSR count). The average Bonchev–Trinajstić information content (AvgIpc) is 2.81. The van der Waals surface area contributed by atoms with Gasteiger partial charge in [-0.25, -0.2) is 4.39 Å². The summed E-state index contributed by atoms with van der Waals surface area (Å²) in [7, 11) is 0.